The fourth-order valence-corrected chi connectivity index (χ4v) is 7.77. The van der Waals surface area contributed by atoms with E-state index in [4.69, 9.17) is 0 Å². The van der Waals surface area contributed by atoms with E-state index in [9.17, 15) is 52.7 Å². The van der Waals surface area contributed by atoms with E-state index in [1.54, 1.807) is 11.3 Å². The molecule has 0 aliphatic carbocycles. The summed E-state index contributed by atoms with van der Waals surface area (Å²) in [6, 6.07) is 21.1. The lowest BCUT2D eigenvalue weighted by molar-refractivity contribution is -0.673. The number of hydrogen-bond donors (Lipinski definition) is 0. The summed E-state index contributed by atoms with van der Waals surface area (Å²) in [6.45, 7) is 0.925. The van der Waals surface area contributed by atoms with Gasteiger partial charge in [-0.3, -0.25) is 0 Å². The number of aromatic nitrogens is 1. The molecule has 7 rings (SSSR count). The monoisotopic (exact) mass is 931 g/mol. The summed E-state index contributed by atoms with van der Waals surface area (Å²) in [6.07, 6.45) is -5.06. The van der Waals surface area contributed by atoms with Crippen LogP contribution in [0.15, 0.2) is 72.2 Å². The molecule has 0 spiro atoms. The van der Waals surface area contributed by atoms with Gasteiger partial charge < -0.3 is 0 Å². The summed E-state index contributed by atoms with van der Waals surface area (Å²) >= 11 is 1.78. The second-order valence-corrected chi connectivity index (χ2v) is 13.9. The molecule has 0 fully saturated rings. The lowest BCUT2D eigenvalue weighted by Crippen LogP contribution is -2.81. The molecular formula is C40H14BF20NS. The Labute approximate surface area is 342 Å². The average Bonchev–Trinajstić information content (AvgIpc) is 3.75. The van der Waals surface area contributed by atoms with Crippen LogP contribution >= 0.6 is 11.3 Å². The molecule has 1 aromatic heterocycles. The first-order valence-corrected chi connectivity index (χ1v) is 17.8. The fraction of sp³-hybridized carbons (Fsp3) is 0.0250. The SMILES string of the molecule is Fc1c(F)c(F)c([B-](c2c(F)c(F)c(F)c(F)c2F)(c2c(F)c(F)c(F)c(F)c2F)c2c(F)c(F)c(F)c(F)c2F)c(F)c1F.c1ccc(C[n+]2ccsc2-c2ccccc2)cc1. The Hall–Kier alpha value is -6.39. The smallest absolute Gasteiger partial charge is 0.207 e. The average molecular weight is 931 g/mol. The Morgan fingerprint density at radius 1 is 0.333 bits per heavy atom. The Balaban J connectivity index is 0.000000302. The van der Waals surface area contributed by atoms with Crippen LogP contribution in [0.1, 0.15) is 5.56 Å². The minimum atomic E-state index is -7.22. The number of halogens is 20. The quantitative estimate of drug-likeness (QED) is 0.0494. The number of benzene rings is 6. The van der Waals surface area contributed by atoms with Crippen LogP contribution in [0.5, 0.6) is 0 Å². The number of rotatable bonds is 7. The molecule has 0 bridgehead atoms. The number of thiazole rings is 1. The maximum atomic E-state index is 15.4. The topological polar surface area (TPSA) is 3.88 Å². The van der Waals surface area contributed by atoms with Crippen molar-refractivity contribution in [3.63, 3.8) is 0 Å². The number of hydrogen-bond acceptors (Lipinski definition) is 1. The predicted octanol–water partition coefficient (Wildman–Crippen LogP) is 9.60. The van der Waals surface area contributed by atoms with Crippen molar-refractivity contribution in [3.8, 4) is 10.6 Å². The van der Waals surface area contributed by atoms with Gasteiger partial charge in [0, 0.05) is 5.56 Å². The van der Waals surface area contributed by atoms with Crippen molar-refractivity contribution in [2.45, 2.75) is 6.54 Å². The molecule has 0 aliphatic heterocycles. The van der Waals surface area contributed by atoms with Gasteiger partial charge in [0.2, 0.25) is 0 Å². The van der Waals surface area contributed by atoms with Crippen molar-refractivity contribution in [3.05, 3.63) is 194 Å². The molecule has 0 amide bonds. The molecule has 63 heavy (non-hydrogen) atoms. The third-order valence-corrected chi connectivity index (χ3v) is 10.6. The van der Waals surface area contributed by atoms with Crippen LogP contribution in [0.25, 0.3) is 10.6 Å². The van der Waals surface area contributed by atoms with Crippen LogP contribution < -0.4 is 26.4 Å². The molecule has 0 unspecified atom stereocenters. The third kappa shape index (κ3) is 7.34. The van der Waals surface area contributed by atoms with Crippen LogP contribution in [-0.4, -0.2) is 6.15 Å². The van der Waals surface area contributed by atoms with Gasteiger partial charge in [-0.25, -0.2) is 87.8 Å². The molecule has 1 heterocycles. The highest BCUT2D eigenvalue weighted by Gasteiger charge is 2.52. The Morgan fingerprint density at radius 2 is 0.587 bits per heavy atom. The largest absolute Gasteiger partial charge is 0.269 e. The fourth-order valence-electron chi connectivity index (χ4n) is 6.90. The zero-order valence-corrected chi connectivity index (χ0v) is 30.9. The molecule has 0 radical (unpaired) electrons. The molecule has 0 saturated heterocycles. The van der Waals surface area contributed by atoms with Gasteiger partial charge in [-0.15, -0.1) is 21.9 Å². The first kappa shape index (κ1) is 46.1. The predicted molar refractivity (Wildman–Crippen MR) is 185 cm³/mol. The zero-order valence-electron chi connectivity index (χ0n) is 30.1. The second kappa shape index (κ2) is 17.4. The Bertz CT molecular complexity index is 2540. The van der Waals surface area contributed by atoms with E-state index in [1.807, 2.05) is 0 Å². The summed E-state index contributed by atoms with van der Waals surface area (Å²) < 4.78 is 296. The minimum Gasteiger partial charge on any atom is -0.207 e. The highest BCUT2D eigenvalue weighted by molar-refractivity contribution is 7.20. The summed E-state index contributed by atoms with van der Waals surface area (Å²) in [4.78, 5) is 0. The molecule has 1 nitrogen and oxygen atoms in total. The van der Waals surface area contributed by atoms with E-state index in [0.29, 0.717) is 0 Å². The highest BCUT2D eigenvalue weighted by atomic mass is 32.1. The van der Waals surface area contributed by atoms with Crippen molar-refractivity contribution in [1.82, 2.24) is 0 Å². The molecule has 328 valence electrons. The lowest BCUT2D eigenvalue weighted by atomic mass is 9.12. The van der Waals surface area contributed by atoms with Gasteiger partial charge in [0.15, 0.2) is 82.5 Å². The molecular weight excluding hydrogens is 917 g/mol. The first-order chi connectivity index (χ1) is 29.6. The van der Waals surface area contributed by atoms with Crippen LogP contribution in [0.2, 0.25) is 0 Å². The number of nitrogens with zero attached hydrogens (tertiary/aromatic N) is 1. The van der Waals surface area contributed by atoms with E-state index in [-0.39, 0.29) is 0 Å². The summed E-state index contributed by atoms with van der Waals surface area (Å²) in [5.41, 5.74) is -11.7. The van der Waals surface area contributed by atoms with Crippen LogP contribution in [0.4, 0.5) is 87.8 Å². The van der Waals surface area contributed by atoms with Gasteiger partial charge >= 0.3 is 0 Å². The van der Waals surface area contributed by atoms with Gasteiger partial charge in [-0.2, -0.15) is 4.57 Å². The summed E-state index contributed by atoms with van der Waals surface area (Å²) in [5.74, 6) is -71.4. The zero-order chi connectivity index (χ0) is 46.6. The maximum absolute atomic E-state index is 15.4. The molecule has 0 saturated carbocycles. The van der Waals surface area contributed by atoms with Gasteiger partial charge in [0.1, 0.15) is 52.7 Å². The van der Waals surface area contributed by atoms with Gasteiger partial charge in [-0.1, -0.05) is 59.9 Å². The minimum absolute atomic E-state index is 0.925. The molecule has 0 atom stereocenters. The molecule has 0 aliphatic rings. The van der Waals surface area contributed by atoms with Crippen LogP contribution in [-0.2, 0) is 6.54 Å². The van der Waals surface area contributed by atoms with E-state index in [2.05, 4.69) is 76.8 Å². The van der Waals surface area contributed by atoms with Crippen LogP contribution in [0, 0.1) is 116 Å². The third-order valence-electron chi connectivity index (χ3n) is 9.60. The molecule has 7 aromatic rings. The van der Waals surface area contributed by atoms with Crippen LogP contribution in [0.3, 0.4) is 0 Å². The van der Waals surface area contributed by atoms with Crippen molar-refractivity contribution in [2.75, 3.05) is 0 Å². The van der Waals surface area contributed by atoms with Gasteiger partial charge in [0.25, 0.3) is 5.01 Å². The maximum Gasteiger partial charge on any atom is 0.269 e. The highest BCUT2D eigenvalue weighted by Crippen LogP contribution is 2.31. The Kier molecular flexibility index (Phi) is 12.7. The summed E-state index contributed by atoms with van der Waals surface area (Å²) in [7, 11) is 0. The Morgan fingerprint density at radius 3 is 0.873 bits per heavy atom. The van der Waals surface area contributed by atoms with Crippen molar-refractivity contribution >= 4 is 39.3 Å². The van der Waals surface area contributed by atoms with E-state index < -0.39 is 144 Å². The van der Waals surface area contributed by atoms with E-state index >= 15 is 35.1 Å². The van der Waals surface area contributed by atoms with Crippen molar-refractivity contribution < 1.29 is 92.4 Å². The normalized spacial score (nSPS) is 11.6. The summed E-state index contributed by atoms with van der Waals surface area (Å²) in [5, 5.41) is 3.45. The van der Waals surface area contributed by atoms with E-state index in [0.717, 1.165) is 6.54 Å². The van der Waals surface area contributed by atoms with Gasteiger partial charge in [0.05, 0.1) is 10.9 Å². The standard InChI is InChI=1S/C24BF20.C16H14NS/c26-5-1(6(27)14(35)21(42)13(5)34)25(2-7(28)15(36)22(43)16(37)8(2)29,3-9(30)17(38)23(44)18(39)10(3)31)4-11(32)19(40)24(45)20(41)12(4)33;1-3-7-14(8-4-1)13-17-11-12-18-16(17)15-9-5-2-6-10-15/h;1-12H,13H2/q-1;+1. The second-order valence-electron chi connectivity index (χ2n) is 13.0. The lowest BCUT2D eigenvalue weighted by Gasteiger charge is -2.44. The van der Waals surface area contributed by atoms with Crippen molar-refractivity contribution in [1.29, 1.82) is 0 Å². The molecule has 23 heteroatoms. The van der Waals surface area contributed by atoms with Gasteiger partial charge in [-0.05, 0) is 12.1 Å². The van der Waals surface area contributed by atoms with Crippen molar-refractivity contribution in [2.24, 2.45) is 0 Å². The first-order valence-electron chi connectivity index (χ1n) is 16.9. The molecule has 0 N–H and O–H groups in total. The van der Waals surface area contributed by atoms with E-state index in [1.165, 1.54) is 16.1 Å². The molecule has 6 aromatic carbocycles.